The maximum atomic E-state index is 12.0. The lowest BCUT2D eigenvalue weighted by molar-refractivity contribution is -0.153. The van der Waals surface area contributed by atoms with Crippen LogP contribution in [-0.2, 0) is 0 Å². The molecule has 2 heterocycles. The lowest BCUT2D eigenvalue weighted by Gasteiger charge is -2.22. The highest BCUT2D eigenvalue weighted by Gasteiger charge is 2.28. The molecular weight excluding hydrogens is 245 g/mol. The number of halogens is 3. The van der Waals surface area contributed by atoms with Crippen molar-refractivity contribution in [2.45, 2.75) is 24.9 Å². The Morgan fingerprint density at radius 3 is 2.56 bits per heavy atom. The zero-order valence-electron chi connectivity index (χ0n) is 9.83. The summed E-state index contributed by atoms with van der Waals surface area (Å²) in [6, 6.07) is 3.30. The summed E-state index contributed by atoms with van der Waals surface area (Å²) in [5.74, 6) is 0.549. The molecule has 1 aromatic heterocycles. The van der Waals surface area contributed by atoms with Crippen molar-refractivity contribution in [2.24, 2.45) is 0 Å². The van der Waals surface area contributed by atoms with E-state index in [1.54, 1.807) is 12.1 Å². The van der Waals surface area contributed by atoms with E-state index in [4.69, 9.17) is 0 Å². The summed E-state index contributed by atoms with van der Waals surface area (Å²) < 4.78 is 40.5. The maximum absolute atomic E-state index is 12.0. The van der Waals surface area contributed by atoms with Gasteiger partial charge in [-0.1, -0.05) is 0 Å². The fourth-order valence-corrected chi connectivity index (χ4v) is 2.00. The number of nitrogens with zero attached hydrogens (tertiary/aromatic N) is 1. The molecule has 0 unspecified atom stereocenters. The van der Waals surface area contributed by atoms with Crippen LogP contribution in [0.15, 0.2) is 18.3 Å². The van der Waals surface area contributed by atoms with Crippen molar-refractivity contribution in [3.63, 3.8) is 0 Å². The van der Waals surface area contributed by atoms with Gasteiger partial charge in [0.05, 0.1) is 6.20 Å². The smallest absolute Gasteiger partial charge is 0.422 e. The van der Waals surface area contributed by atoms with Crippen molar-refractivity contribution in [1.82, 2.24) is 10.3 Å². The third-order valence-corrected chi connectivity index (χ3v) is 2.92. The van der Waals surface area contributed by atoms with Gasteiger partial charge in [0.1, 0.15) is 5.75 Å². The molecule has 3 nitrogen and oxygen atoms in total. The van der Waals surface area contributed by atoms with E-state index < -0.39 is 12.8 Å². The van der Waals surface area contributed by atoms with E-state index in [1.807, 2.05) is 0 Å². The Balaban J connectivity index is 1.92. The highest BCUT2D eigenvalue weighted by molar-refractivity contribution is 5.22. The van der Waals surface area contributed by atoms with Gasteiger partial charge in [0.25, 0.3) is 0 Å². The Labute approximate surface area is 103 Å². The van der Waals surface area contributed by atoms with Crippen LogP contribution in [0.1, 0.15) is 24.5 Å². The molecule has 1 saturated heterocycles. The molecule has 1 aliphatic rings. The van der Waals surface area contributed by atoms with Crippen LogP contribution in [0.3, 0.4) is 0 Å². The summed E-state index contributed by atoms with van der Waals surface area (Å²) in [6.45, 7) is 0.638. The van der Waals surface area contributed by atoms with Gasteiger partial charge in [-0.2, -0.15) is 13.2 Å². The van der Waals surface area contributed by atoms with Crippen LogP contribution in [0.25, 0.3) is 0 Å². The molecule has 0 amide bonds. The van der Waals surface area contributed by atoms with Crippen LogP contribution in [-0.4, -0.2) is 30.9 Å². The fourth-order valence-electron chi connectivity index (χ4n) is 2.00. The first-order valence-electron chi connectivity index (χ1n) is 5.91. The Morgan fingerprint density at radius 1 is 1.28 bits per heavy atom. The van der Waals surface area contributed by atoms with Crippen LogP contribution in [0, 0.1) is 0 Å². The SMILES string of the molecule is FC(F)(F)COc1ccc(C2CCNCC2)nc1. The van der Waals surface area contributed by atoms with Crippen molar-refractivity contribution in [1.29, 1.82) is 0 Å². The van der Waals surface area contributed by atoms with Gasteiger partial charge in [-0.15, -0.1) is 0 Å². The molecule has 0 radical (unpaired) electrons. The summed E-state index contributed by atoms with van der Waals surface area (Å²) in [6.07, 6.45) is -0.928. The quantitative estimate of drug-likeness (QED) is 0.906. The molecule has 0 spiro atoms. The Kier molecular flexibility index (Phi) is 4.06. The van der Waals surface area contributed by atoms with Gasteiger partial charge in [0.2, 0.25) is 0 Å². The van der Waals surface area contributed by atoms with Gasteiger partial charge in [-0.05, 0) is 38.1 Å². The topological polar surface area (TPSA) is 34.1 Å². The normalized spacial score (nSPS) is 17.7. The molecule has 1 fully saturated rings. The van der Waals surface area contributed by atoms with Crippen LogP contribution < -0.4 is 10.1 Å². The first-order valence-corrected chi connectivity index (χ1v) is 5.91. The fraction of sp³-hybridized carbons (Fsp3) is 0.583. The van der Waals surface area contributed by atoms with Crippen molar-refractivity contribution in [2.75, 3.05) is 19.7 Å². The number of nitrogens with one attached hydrogen (secondary N) is 1. The summed E-state index contributed by atoms with van der Waals surface area (Å²) in [7, 11) is 0. The van der Waals surface area contributed by atoms with Crippen molar-refractivity contribution < 1.29 is 17.9 Å². The predicted octanol–water partition coefficient (Wildman–Crippen LogP) is 2.49. The standard InChI is InChI=1S/C12H15F3N2O/c13-12(14,15)8-18-10-1-2-11(17-7-10)9-3-5-16-6-4-9/h1-2,7,9,16H,3-6,8H2. The lowest BCUT2D eigenvalue weighted by atomic mass is 9.94. The molecule has 0 aromatic carbocycles. The van der Waals surface area contributed by atoms with E-state index in [9.17, 15) is 13.2 Å². The number of piperidine rings is 1. The van der Waals surface area contributed by atoms with E-state index in [1.165, 1.54) is 6.20 Å². The zero-order chi connectivity index (χ0) is 13.0. The number of hydrogen-bond donors (Lipinski definition) is 1. The van der Waals surface area contributed by atoms with E-state index in [-0.39, 0.29) is 5.75 Å². The molecule has 0 saturated carbocycles. The average Bonchev–Trinajstić information content (AvgIpc) is 2.37. The number of alkyl halides is 3. The van der Waals surface area contributed by atoms with E-state index in [0.717, 1.165) is 31.6 Å². The summed E-state index contributed by atoms with van der Waals surface area (Å²) in [5, 5.41) is 3.26. The largest absolute Gasteiger partial charge is 0.483 e. The second kappa shape index (κ2) is 5.56. The van der Waals surface area contributed by atoms with Gasteiger partial charge in [-0.25, -0.2) is 0 Å². The second-order valence-corrected chi connectivity index (χ2v) is 4.35. The van der Waals surface area contributed by atoms with Crippen molar-refractivity contribution in [3.05, 3.63) is 24.0 Å². The van der Waals surface area contributed by atoms with Gasteiger partial charge >= 0.3 is 6.18 Å². The molecule has 6 heteroatoms. The molecule has 18 heavy (non-hydrogen) atoms. The highest BCUT2D eigenvalue weighted by atomic mass is 19.4. The number of ether oxygens (including phenoxy) is 1. The van der Waals surface area contributed by atoms with Crippen LogP contribution in [0.5, 0.6) is 5.75 Å². The Morgan fingerprint density at radius 2 is 2.00 bits per heavy atom. The van der Waals surface area contributed by atoms with Crippen molar-refractivity contribution >= 4 is 0 Å². The molecule has 2 rings (SSSR count). The number of aromatic nitrogens is 1. The molecule has 0 bridgehead atoms. The highest BCUT2D eigenvalue weighted by Crippen LogP contribution is 2.25. The predicted molar refractivity (Wildman–Crippen MR) is 60.6 cm³/mol. The molecule has 0 aliphatic carbocycles. The molecular formula is C12H15F3N2O. The van der Waals surface area contributed by atoms with Gasteiger partial charge in [0, 0.05) is 11.6 Å². The third-order valence-electron chi connectivity index (χ3n) is 2.92. The minimum absolute atomic E-state index is 0.157. The minimum Gasteiger partial charge on any atom is -0.483 e. The summed E-state index contributed by atoms with van der Waals surface area (Å²) >= 11 is 0. The maximum Gasteiger partial charge on any atom is 0.422 e. The number of hydrogen-bond acceptors (Lipinski definition) is 3. The molecule has 100 valence electrons. The number of rotatable bonds is 3. The molecule has 1 N–H and O–H groups in total. The van der Waals surface area contributed by atoms with Crippen LogP contribution >= 0.6 is 0 Å². The van der Waals surface area contributed by atoms with Crippen LogP contribution in [0.2, 0.25) is 0 Å². The van der Waals surface area contributed by atoms with E-state index >= 15 is 0 Å². The lowest BCUT2D eigenvalue weighted by Crippen LogP contribution is -2.27. The molecule has 1 aromatic rings. The van der Waals surface area contributed by atoms with Gasteiger partial charge in [0.15, 0.2) is 6.61 Å². The molecule has 1 aliphatic heterocycles. The van der Waals surface area contributed by atoms with E-state index in [0.29, 0.717) is 5.92 Å². The monoisotopic (exact) mass is 260 g/mol. The zero-order valence-corrected chi connectivity index (χ0v) is 9.83. The van der Waals surface area contributed by atoms with Crippen molar-refractivity contribution in [3.8, 4) is 5.75 Å². The first kappa shape index (κ1) is 13.1. The van der Waals surface area contributed by atoms with Crippen LogP contribution in [0.4, 0.5) is 13.2 Å². The summed E-state index contributed by atoms with van der Waals surface area (Å²) in [5.41, 5.74) is 0.927. The van der Waals surface area contributed by atoms with Gasteiger partial charge in [-0.3, -0.25) is 4.98 Å². The first-order chi connectivity index (χ1) is 8.54. The average molecular weight is 260 g/mol. The second-order valence-electron chi connectivity index (χ2n) is 4.35. The molecule has 0 atom stereocenters. The Bertz CT molecular complexity index is 372. The summed E-state index contributed by atoms with van der Waals surface area (Å²) in [4.78, 5) is 4.18. The Hall–Kier alpha value is -1.30. The minimum atomic E-state index is -4.31. The van der Waals surface area contributed by atoms with E-state index in [2.05, 4.69) is 15.0 Å². The third kappa shape index (κ3) is 3.87. The van der Waals surface area contributed by atoms with Gasteiger partial charge < -0.3 is 10.1 Å². The number of pyridine rings is 1.